The molecule has 1 N–H and O–H groups in total. The van der Waals surface area contributed by atoms with Gasteiger partial charge in [0.1, 0.15) is 11.4 Å². The average Bonchev–Trinajstić information content (AvgIpc) is 2.94. The lowest BCUT2D eigenvalue weighted by Crippen LogP contribution is -2.41. The van der Waals surface area contributed by atoms with E-state index in [4.69, 9.17) is 17.9 Å². The highest BCUT2D eigenvalue weighted by Gasteiger charge is 2.44. The third-order valence-corrected chi connectivity index (χ3v) is 5.35. The quantitative estimate of drug-likeness (QED) is 0.239. The summed E-state index contributed by atoms with van der Waals surface area (Å²) in [7, 11) is 0. The third-order valence-electron chi connectivity index (χ3n) is 5.06. The second-order valence-electron chi connectivity index (χ2n) is 8.30. The smallest absolute Gasteiger partial charge is 0.306 e. The zero-order valence-corrected chi connectivity index (χ0v) is 19.2. The summed E-state index contributed by atoms with van der Waals surface area (Å²) in [5.74, 6) is 0.700. The van der Waals surface area contributed by atoms with Crippen molar-refractivity contribution < 1.29 is 17.3 Å². The molecule has 2 heterocycles. The van der Waals surface area contributed by atoms with Gasteiger partial charge in [0.25, 0.3) is 0 Å². The SMILES string of the molecule is CC(C)(C)OC(=O)CCCN1CCC2(CC1)COC(=C/C=C/OI)/C2=C\C=N. The zero-order chi connectivity index (χ0) is 20.6. The predicted octanol–water partition coefficient (Wildman–Crippen LogP) is 4.56. The summed E-state index contributed by atoms with van der Waals surface area (Å²) in [6.45, 7) is 9.17. The van der Waals surface area contributed by atoms with Crippen LogP contribution >= 0.6 is 23.0 Å². The molecule has 0 aromatic heterocycles. The number of halogens is 1. The van der Waals surface area contributed by atoms with Crippen molar-refractivity contribution in [1.29, 1.82) is 5.41 Å². The molecular formula is C21H31IN2O4. The van der Waals surface area contributed by atoms with E-state index in [1.54, 1.807) is 6.26 Å². The third kappa shape index (κ3) is 6.62. The van der Waals surface area contributed by atoms with Crippen LogP contribution in [0, 0.1) is 10.8 Å². The molecule has 2 aliphatic rings. The Bertz CT molecular complexity index is 641. The van der Waals surface area contributed by atoms with Crippen LogP contribution in [-0.4, -0.2) is 48.9 Å². The van der Waals surface area contributed by atoms with E-state index in [0.29, 0.717) is 13.0 Å². The second-order valence-corrected chi connectivity index (χ2v) is 8.80. The van der Waals surface area contributed by atoms with Gasteiger partial charge in [-0.15, -0.1) is 0 Å². The van der Waals surface area contributed by atoms with Crippen LogP contribution < -0.4 is 0 Å². The van der Waals surface area contributed by atoms with Crippen LogP contribution in [0.15, 0.2) is 35.8 Å². The molecule has 2 saturated heterocycles. The first-order chi connectivity index (χ1) is 13.3. The number of allylic oxidation sites excluding steroid dienone is 4. The highest BCUT2D eigenvalue weighted by Crippen LogP contribution is 2.47. The summed E-state index contributed by atoms with van der Waals surface area (Å²) < 4.78 is 16.2. The number of esters is 1. The minimum Gasteiger partial charge on any atom is -0.492 e. The van der Waals surface area contributed by atoms with E-state index < -0.39 is 5.60 Å². The Hall–Kier alpha value is -1.35. The number of piperidine rings is 1. The van der Waals surface area contributed by atoms with Crippen molar-refractivity contribution in [2.45, 2.75) is 52.1 Å². The molecule has 0 unspecified atom stereocenters. The lowest BCUT2D eigenvalue weighted by molar-refractivity contribution is -0.155. The van der Waals surface area contributed by atoms with E-state index in [9.17, 15) is 4.79 Å². The van der Waals surface area contributed by atoms with E-state index in [0.717, 1.165) is 50.2 Å². The van der Waals surface area contributed by atoms with Gasteiger partial charge >= 0.3 is 5.97 Å². The number of likely N-dealkylation sites (tertiary alicyclic amines) is 1. The molecule has 0 aromatic carbocycles. The van der Waals surface area contributed by atoms with Gasteiger partial charge in [-0.1, -0.05) is 0 Å². The number of nitrogens with one attached hydrogen (secondary N) is 1. The molecule has 6 nitrogen and oxygen atoms in total. The van der Waals surface area contributed by atoms with Crippen LogP contribution in [0.1, 0.15) is 46.5 Å². The maximum atomic E-state index is 11.9. The molecule has 0 aromatic rings. The highest BCUT2D eigenvalue weighted by molar-refractivity contribution is 14.1. The average molecular weight is 502 g/mol. The first-order valence-electron chi connectivity index (χ1n) is 9.72. The van der Waals surface area contributed by atoms with E-state index in [1.807, 2.05) is 62.0 Å². The van der Waals surface area contributed by atoms with Crippen molar-refractivity contribution in [2.75, 3.05) is 26.2 Å². The lowest BCUT2D eigenvalue weighted by atomic mass is 9.73. The normalized spacial score (nSPS) is 22.7. The summed E-state index contributed by atoms with van der Waals surface area (Å²) >= 11 is 1.81. The minimum absolute atomic E-state index is 0.0237. The summed E-state index contributed by atoms with van der Waals surface area (Å²) in [5, 5.41) is 7.52. The number of ether oxygens (including phenoxy) is 2. The summed E-state index contributed by atoms with van der Waals surface area (Å²) in [6.07, 6.45) is 11.7. The van der Waals surface area contributed by atoms with Crippen LogP contribution in [0.25, 0.3) is 0 Å². The van der Waals surface area contributed by atoms with Crippen molar-refractivity contribution in [2.24, 2.45) is 5.41 Å². The first kappa shape index (κ1) is 22.9. The lowest BCUT2D eigenvalue weighted by Gasteiger charge is -2.38. The fourth-order valence-corrected chi connectivity index (χ4v) is 3.90. The monoisotopic (exact) mass is 502 g/mol. The fourth-order valence-electron chi connectivity index (χ4n) is 3.73. The molecule has 2 rings (SSSR count). The standard InChI is InChI=1S/C21H31IN2O4/c1-20(2,3)28-19(25)7-4-12-24-13-9-21(10-14-24)16-26-18(6-5-15-27-22)17(21)8-11-23/h5-6,8,11,15,23H,4,7,9-10,12-14,16H2,1-3H3/b15-5+,17-8+,18-6+,23-11?. The van der Waals surface area contributed by atoms with Gasteiger partial charge in [-0.25, -0.2) is 0 Å². The van der Waals surface area contributed by atoms with Crippen molar-refractivity contribution in [3.05, 3.63) is 35.8 Å². The van der Waals surface area contributed by atoms with Crippen LogP contribution in [-0.2, 0) is 17.3 Å². The van der Waals surface area contributed by atoms with Gasteiger partial charge in [-0.3, -0.25) is 4.79 Å². The number of carbonyl (C=O) groups excluding carboxylic acids is 1. The van der Waals surface area contributed by atoms with Gasteiger partial charge < -0.3 is 22.8 Å². The minimum atomic E-state index is -0.419. The Labute approximate surface area is 182 Å². The number of rotatable bonds is 7. The van der Waals surface area contributed by atoms with Gasteiger partial charge in [-0.2, -0.15) is 0 Å². The molecule has 0 radical (unpaired) electrons. The van der Waals surface area contributed by atoms with Gasteiger partial charge in [0.15, 0.2) is 23.0 Å². The maximum absolute atomic E-state index is 11.9. The molecule has 2 aliphatic heterocycles. The molecule has 0 bridgehead atoms. The maximum Gasteiger partial charge on any atom is 0.306 e. The van der Waals surface area contributed by atoms with Crippen LogP contribution in [0.3, 0.4) is 0 Å². The summed E-state index contributed by atoms with van der Waals surface area (Å²) in [6, 6.07) is 0. The van der Waals surface area contributed by atoms with E-state index >= 15 is 0 Å². The molecule has 0 aliphatic carbocycles. The second kappa shape index (κ2) is 10.4. The molecule has 0 saturated carbocycles. The van der Waals surface area contributed by atoms with E-state index in [-0.39, 0.29) is 11.4 Å². The zero-order valence-electron chi connectivity index (χ0n) is 17.0. The van der Waals surface area contributed by atoms with Crippen LogP contribution in [0.2, 0.25) is 0 Å². The molecule has 2 fully saturated rings. The fraction of sp³-hybridized carbons (Fsp3) is 0.619. The molecule has 0 atom stereocenters. The van der Waals surface area contributed by atoms with E-state index in [2.05, 4.69) is 4.90 Å². The Morgan fingerprint density at radius 1 is 1.32 bits per heavy atom. The largest absolute Gasteiger partial charge is 0.492 e. The number of carbonyl (C=O) groups is 1. The number of nitrogens with zero attached hydrogens (tertiary/aromatic N) is 1. The molecule has 156 valence electrons. The van der Waals surface area contributed by atoms with Gasteiger partial charge in [0.05, 0.1) is 12.9 Å². The van der Waals surface area contributed by atoms with Crippen LogP contribution in [0.4, 0.5) is 0 Å². The van der Waals surface area contributed by atoms with Crippen molar-refractivity contribution in [3.63, 3.8) is 0 Å². The van der Waals surface area contributed by atoms with E-state index in [1.165, 1.54) is 6.21 Å². The Morgan fingerprint density at radius 2 is 2.04 bits per heavy atom. The van der Waals surface area contributed by atoms with Crippen molar-refractivity contribution >= 4 is 35.2 Å². The molecule has 0 amide bonds. The predicted molar refractivity (Wildman–Crippen MR) is 118 cm³/mol. The summed E-state index contributed by atoms with van der Waals surface area (Å²) in [5.41, 5.74) is 0.663. The molecule has 28 heavy (non-hydrogen) atoms. The Balaban J connectivity index is 1.87. The Morgan fingerprint density at radius 3 is 2.64 bits per heavy atom. The molecule has 7 heteroatoms. The van der Waals surface area contributed by atoms with Crippen molar-refractivity contribution in [1.82, 2.24) is 4.90 Å². The molecular weight excluding hydrogens is 471 g/mol. The Kier molecular flexibility index (Phi) is 8.55. The molecule has 1 spiro atoms. The number of hydrogen-bond donors (Lipinski definition) is 1. The first-order valence-corrected chi connectivity index (χ1v) is 10.6. The van der Waals surface area contributed by atoms with Gasteiger partial charge in [0, 0.05) is 23.6 Å². The van der Waals surface area contributed by atoms with Gasteiger partial charge in [0.2, 0.25) is 0 Å². The topological polar surface area (TPSA) is 71.8 Å². The van der Waals surface area contributed by atoms with Gasteiger partial charge in [-0.05, 0) is 77.9 Å². The van der Waals surface area contributed by atoms with Crippen molar-refractivity contribution in [3.8, 4) is 0 Å². The highest BCUT2D eigenvalue weighted by atomic mass is 127. The van der Waals surface area contributed by atoms with Crippen LogP contribution in [0.5, 0.6) is 0 Å². The summed E-state index contributed by atoms with van der Waals surface area (Å²) in [4.78, 5) is 14.3. The number of hydrogen-bond acceptors (Lipinski definition) is 6.